The first-order valence-electron chi connectivity index (χ1n) is 16.9. The molecule has 2 saturated heterocycles. The average molecular weight is 730 g/mol. The van der Waals surface area contributed by atoms with Crippen molar-refractivity contribution >= 4 is 40.7 Å². The standard InChI is InChI=1S/C37H38Cl2N8O4/c1-50-36-21(15-40-17-23-10-13-31(48)43-23)9-12-30(45-36)28-8-4-7-27(34(28)39)26-6-3-5-25(33(26)38)22-16-42-35-29(37(51-2)46-47(35)20-22)19-41-18-24-11-14-32(49)44-24/h3-9,12,16,20,23-24,40-41H,10-11,13-15,17-19H2,1-2H3,(H,43,48)(H,44,49). The molecule has 51 heavy (non-hydrogen) atoms. The summed E-state index contributed by atoms with van der Waals surface area (Å²) in [5.41, 5.74) is 6.84. The second kappa shape index (κ2) is 15.2. The maximum atomic E-state index is 11.6. The van der Waals surface area contributed by atoms with Crippen LogP contribution in [0, 0.1) is 0 Å². The number of fused-ring (bicyclic) bond motifs is 1. The third-order valence-electron chi connectivity index (χ3n) is 9.30. The second-order valence-corrected chi connectivity index (χ2v) is 13.4. The summed E-state index contributed by atoms with van der Waals surface area (Å²) in [7, 11) is 3.18. The lowest BCUT2D eigenvalue weighted by Crippen LogP contribution is -2.35. The van der Waals surface area contributed by atoms with Crippen LogP contribution >= 0.6 is 23.2 Å². The van der Waals surface area contributed by atoms with Crippen LogP contribution in [0.5, 0.6) is 11.8 Å². The largest absolute Gasteiger partial charge is 0.481 e. The van der Waals surface area contributed by atoms with E-state index in [-0.39, 0.29) is 23.9 Å². The van der Waals surface area contributed by atoms with Crippen LogP contribution in [0.4, 0.5) is 0 Å². The molecule has 5 heterocycles. The molecule has 2 aliphatic rings. The molecule has 0 bridgehead atoms. The van der Waals surface area contributed by atoms with Crippen LogP contribution in [0.3, 0.4) is 0 Å². The number of hydrogen-bond donors (Lipinski definition) is 4. The van der Waals surface area contributed by atoms with E-state index >= 15 is 0 Å². The van der Waals surface area contributed by atoms with Gasteiger partial charge in [-0.05, 0) is 18.9 Å². The predicted octanol–water partition coefficient (Wildman–Crippen LogP) is 5.19. The van der Waals surface area contributed by atoms with E-state index in [1.807, 2.05) is 54.7 Å². The van der Waals surface area contributed by atoms with Gasteiger partial charge in [-0.3, -0.25) is 9.59 Å². The second-order valence-electron chi connectivity index (χ2n) is 12.7. The molecule has 0 aliphatic carbocycles. The lowest BCUT2D eigenvalue weighted by Gasteiger charge is -2.15. The molecule has 3 aromatic heterocycles. The Balaban J connectivity index is 1.12. The SMILES string of the molecule is COc1nc(-c2cccc(-c3cccc(-c4cnc5c(CNCC6CCC(=O)N6)c(OC)nn5c4)c3Cl)c2Cl)ccc1CNCC1CCC(=O)N1. The van der Waals surface area contributed by atoms with Crippen molar-refractivity contribution in [3.05, 3.63) is 82.1 Å². The Kier molecular flexibility index (Phi) is 10.4. The van der Waals surface area contributed by atoms with Crippen LogP contribution in [0.1, 0.15) is 36.8 Å². The first-order chi connectivity index (χ1) is 24.8. The number of pyridine rings is 1. The highest BCUT2D eigenvalue weighted by atomic mass is 35.5. The van der Waals surface area contributed by atoms with Crippen molar-refractivity contribution in [3.8, 4) is 45.3 Å². The summed E-state index contributed by atoms with van der Waals surface area (Å²) in [6.07, 6.45) is 6.43. The summed E-state index contributed by atoms with van der Waals surface area (Å²) in [6, 6.07) is 15.7. The van der Waals surface area contributed by atoms with Crippen molar-refractivity contribution in [2.75, 3.05) is 27.3 Å². The van der Waals surface area contributed by atoms with E-state index in [0.717, 1.165) is 51.8 Å². The molecule has 2 amide bonds. The minimum absolute atomic E-state index is 0.0864. The monoisotopic (exact) mass is 728 g/mol. The van der Waals surface area contributed by atoms with Crippen LogP contribution in [0.15, 0.2) is 60.9 Å². The number of carbonyl (C=O) groups excluding carboxylic acids is 2. The molecular formula is C37H38Cl2N8O4. The van der Waals surface area contributed by atoms with Gasteiger partial charge in [0.1, 0.15) is 0 Å². The molecular weight excluding hydrogens is 691 g/mol. The zero-order valence-corrected chi connectivity index (χ0v) is 29.8. The van der Waals surface area contributed by atoms with E-state index in [0.29, 0.717) is 72.2 Å². The Labute approximate surface area is 305 Å². The highest BCUT2D eigenvalue weighted by Gasteiger charge is 2.23. The van der Waals surface area contributed by atoms with E-state index in [1.165, 1.54) is 0 Å². The molecule has 0 spiro atoms. The number of rotatable bonds is 13. The maximum absolute atomic E-state index is 11.6. The fourth-order valence-electron chi connectivity index (χ4n) is 6.66. The van der Waals surface area contributed by atoms with Gasteiger partial charge in [-0.2, -0.15) is 0 Å². The molecule has 2 fully saturated rings. The van der Waals surface area contributed by atoms with Crippen LogP contribution in [0.25, 0.3) is 39.2 Å². The van der Waals surface area contributed by atoms with Gasteiger partial charge in [-0.1, -0.05) is 65.7 Å². The van der Waals surface area contributed by atoms with Crippen molar-refractivity contribution in [1.82, 2.24) is 40.8 Å². The lowest BCUT2D eigenvalue weighted by molar-refractivity contribution is -0.120. The van der Waals surface area contributed by atoms with Crippen molar-refractivity contribution in [2.24, 2.45) is 0 Å². The van der Waals surface area contributed by atoms with Crippen LogP contribution < -0.4 is 30.7 Å². The number of aromatic nitrogens is 4. The van der Waals surface area contributed by atoms with Gasteiger partial charge < -0.3 is 30.7 Å². The normalized spacial score (nSPS) is 17.2. The summed E-state index contributed by atoms with van der Waals surface area (Å²) in [5, 5.41) is 18.4. The Hall–Kier alpha value is -4.75. The van der Waals surface area contributed by atoms with Gasteiger partial charge in [0.25, 0.3) is 0 Å². The molecule has 0 saturated carbocycles. The number of amides is 2. The van der Waals surface area contributed by atoms with E-state index in [2.05, 4.69) is 26.4 Å². The number of nitrogens with zero attached hydrogens (tertiary/aromatic N) is 4. The molecule has 2 unspecified atom stereocenters. The molecule has 7 rings (SSSR count). The van der Waals surface area contributed by atoms with Crippen LogP contribution in [-0.4, -0.2) is 70.8 Å². The Morgan fingerprint density at radius 1 is 0.804 bits per heavy atom. The smallest absolute Gasteiger partial charge is 0.239 e. The number of ether oxygens (including phenoxy) is 2. The van der Waals surface area contributed by atoms with Crippen molar-refractivity contribution in [1.29, 1.82) is 0 Å². The van der Waals surface area contributed by atoms with Gasteiger partial charge in [0, 0.05) is 96.9 Å². The van der Waals surface area contributed by atoms with Crippen molar-refractivity contribution in [2.45, 2.75) is 50.9 Å². The summed E-state index contributed by atoms with van der Waals surface area (Å²) in [5.74, 6) is 1.15. The van der Waals surface area contributed by atoms with Gasteiger partial charge in [0.15, 0.2) is 5.65 Å². The summed E-state index contributed by atoms with van der Waals surface area (Å²) in [6.45, 7) is 2.35. The Bertz CT molecular complexity index is 2110. The number of methoxy groups -OCH3 is 2. The van der Waals surface area contributed by atoms with Crippen molar-refractivity contribution in [3.63, 3.8) is 0 Å². The van der Waals surface area contributed by atoms with Gasteiger partial charge in [-0.15, -0.1) is 5.10 Å². The minimum Gasteiger partial charge on any atom is -0.481 e. The number of halogens is 2. The molecule has 5 aromatic rings. The Morgan fingerprint density at radius 2 is 1.41 bits per heavy atom. The minimum atomic E-state index is 0.0864. The van der Waals surface area contributed by atoms with Crippen molar-refractivity contribution < 1.29 is 19.1 Å². The van der Waals surface area contributed by atoms with Gasteiger partial charge >= 0.3 is 0 Å². The molecule has 2 aromatic carbocycles. The summed E-state index contributed by atoms with van der Waals surface area (Å²) in [4.78, 5) is 32.6. The summed E-state index contributed by atoms with van der Waals surface area (Å²) < 4.78 is 12.9. The fraction of sp³-hybridized carbons (Fsp3) is 0.324. The van der Waals surface area contributed by atoms with E-state index in [4.69, 9.17) is 42.6 Å². The predicted molar refractivity (Wildman–Crippen MR) is 196 cm³/mol. The van der Waals surface area contributed by atoms with Gasteiger partial charge in [0.2, 0.25) is 23.6 Å². The topological polar surface area (TPSA) is 144 Å². The highest BCUT2D eigenvalue weighted by Crippen LogP contribution is 2.42. The molecule has 14 heteroatoms. The maximum Gasteiger partial charge on any atom is 0.239 e. The number of carbonyl (C=O) groups is 2. The van der Waals surface area contributed by atoms with Gasteiger partial charge in [-0.25, -0.2) is 14.5 Å². The first kappa shape index (κ1) is 34.7. The number of nitrogens with one attached hydrogen (secondary N) is 4. The molecule has 12 nitrogen and oxygen atoms in total. The summed E-state index contributed by atoms with van der Waals surface area (Å²) >= 11 is 14.2. The number of benzene rings is 2. The lowest BCUT2D eigenvalue weighted by atomic mass is 9.97. The highest BCUT2D eigenvalue weighted by molar-refractivity contribution is 6.39. The van der Waals surface area contributed by atoms with Crippen LogP contribution in [-0.2, 0) is 22.7 Å². The van der Waals surface area contributed by atoms with E-state index in [9.17, 15) is 9.59 Å². The molecule has 2 atom stereocenters. The van der Waals surface area contributed by atoms with E-state index < -0.39 is 0 Å². The molecule has 4 N–H and O–H groups in total. The zero-order chi connectivity index (χ0) is 35.5. The molecule has 2 aliphatic heterocycles. The molecule has 264 valence electrons. The fourth-order valence-corrected chi connectivity index (χ4v) is 7.33. The third-order valence-corrected chi connectivity index (χ3v) is 10.1. The Morgan fingerprint density at radius 3 is 2.04 bits per heavy atom. The third kappa shape index (κ3) is 7.36. The quantitative estimate of drug-likeness (QED) is 0.129. The average Bonchev–Trinajstić information content (AvgIpc) is 3.86. The first-order valence-corrected chi connectivity index (χ1v) is 17.6. The van der Waals surface area contributed by atoms with Crippen LogP contribution in [0.2, 0.25) is 10.0 Å². The van der Waals surface area contributed by atoms with E-state index in [1.54, 1.807) is 24.9 Å². The molecule has 0 radical (unpaired) electrons. The van der Waals surface area contributed by atoms with Gasteiger partial charge in [0.05, 0.1) is 35.5 Å². The number of hydrogen-bond acceptors (Lipinski definition) is 9. The zero-order valence-electron chi connectivity index (χ0n) is 28.3.